The van der Waals surface area contributed by atoms with Crippen LogP contribution in [-0.4, -0.2) is 51.2 Å². The Labute approximate surface area is 90.9 Å². The maximum atomic E-state index is 11.5. The van der Waals surface area contributed by atoms with Crippen LogP contribution in [0.1, 0.15) is 13.8 Å². The summed E-state index contributed by atoms with van der Waals surface area (Å²) in [5.74, 6) is -0.418. The lowest BCUT2D eigenvalue weighted by atomic mass is 10.3. The number of nitrogens with one attached hydrogen (secondary N) is 1. The average Bonchev–Trinajstić information content (AvgIpc) is 2.14. The lowest BCUT2D eigenvalue weighted by Gasteiger charge is -2.20. The molecule has 0 aromatic rings. The van der Waals surface area contributed by atoms with Crippen LogP contribution in [-0.2, 0) is 14.8 Å². The maximum Gasteiger partial charge on any atom is 0.240 e. The molecule has 1 amide bonds. The number of carbonyl (C=O) groups excluding carboxylic acids is 1. The van der Waals surface area contributed by atoms with E-state index in [9.17, 15) is 13.2 Å². The van der Waals surface area contributed by atoms with Crippen LogP contribution in [0.4, 0.5) is 0 Å². The second kappa shape index (κ2) is 6.04. The largest absolute Gasteiger partial charge is 0.345 e. The summed E-state index contributed by atoms with van der Waals surface area (Å²) < 4.78 is 24.9. The molecule has 15 heavy (non-hydrogen) atoms. The molecular weight excluding hydrogens is 218 g/mol. The van der Waals surface area contributed by atoms with Crippen molar-refractivity contribution in [1.82, 2.24) is 9.62 Å². The standard InChI is InChI=1S/C8H19N3O3S/c1-4-11(3)8(12)7(2)10-15(13,14)6-5-9/h7,10H,4-6,9H2,1-3H3. The second-order valence-corrected chi connectivity index (χ2v) is 5.17. The minimum absolute atomic E-state index is 0.0415. The number of hydrogen-bond donors (Lipinski definition) is 2. The van der Waals surface area contributed by atoms with Gasteiger partial charge in [0.05, 0.1) is 11.8 Å². The zero-order chi connectivity index (χ0) is 12.1. The van der Waals surface area contributed by atoms with E-state index < -0.39 is 16.1 Å². The molecule has 0 bridgehead atoms. The fourth-order valence-electron chi connectivity index (χ4n) is 1.02. The number of carbonyl (C=O) groups is 1. The average molecular weight is 237 g/mol. The van der Waals surface area contributed by atoms with E-state index >= 15 is 0 Å². The summed E-state index contributed by atoms with van der Waals surface area (Å²) in [6.45, 7) is 3.92. The first-order valence-corrected chi connectivity index (χ1v) is 6.44. The predicted octanol–water partition coefficient (Wildman–Crippen LogP) is -1.27. The predicted molar refractivity (Wildman–Crippen MR) is 58.7 cm³/mol. The zero-order valence-electron chi connectivity index (χ0n) is 9.36. The quantitative estimate of drug-likeness (QED) is 0.602. The van der Waals surface area contributed by atoms with Crippen LogP contribution < -0.4 is 10.5 Å². The highest BCUT2D eigenvalue weighted by Crippen LogP contribution is 1.94. The Kier molecular flexibility index (Phi) is 5.77. The molecule has 90 valence electrons. The van der Waals surface area contributed by atoms with E-state index in [-0.39, 0.29) is 18.2 Å². The molecular formula is C8H19N3O3S. The number of amides is 1. The van der Waals surface area contributed by atoms with Crippen LogP contribution in [0, 0.1) is 0 Å². The summed E-state index contributed by atoms with van der Waals surface area (Å²) in [4.78, 5) is 13.0. The van der Waals surface area contributed by atoms with E-state index in [0.717, 1.165) is 0 Å². The van der Waals surface area contributed by atoms with Crippen molar-refractivity contribution < 1.29 is 13.2 Å². The van der Waals surface area contributed by atoms with Crippen molar-refractivity contribution in [2.45, 2.75) is 19.9 Å². The van der Waals surface area contributed by atoms with Gasteiger partial charge in [0.1, 0.15) is 0 Å². The Morgan fingerprint density at radius 3 is 2.47 bits per heavy atom. The highest BCUT2D eigenvalue weighted by molar-refractivity contribution is 7.89. The van der Waals surface area contributed by atoms with Gasteiger partial charge in [0.15, 0.2) is 0 Å². The van der Waals surface area contributed by atoms with Crippen molar-refractivity contribution in [3.8, 4) is 0 Å². The van der Waals surface area contributed by atoms with E-state index in [4.69, 9.17) is 5.73 Å². The molecule has 0 fully saturated rings. The molecule has 0 aliphatic heterocycles. The van der Waals surface area contributed by atoms with Crippen LogP contribution in [0.2, 0.25) is 0 Å². The third-order valence-electron chi connectivity index (χ3n) is 1.96. The number of hydrogen-bond acceptors (Lipinski definition) is 4. The third-order valence-corrected chi connectivity index (χ3v) is 3.45. The normalized spacial score (nSPS) is 13.6. The molecule has 1 atom stereocenters. The molecule has 3 N–H and O–H groups in total. The summed E-state index contributed by atoms with van der Waals surface area (Å²) in [5.41, 5.74) is 5.14. The SMILES string of the molecule is CCN(C)C(=O)C(C)NS(=O)(=O)CCN. The molecule has 0 spiro atoms. The first kappa shape index (κ1) is 14.3. The monoisotopic (exact) mass is 237 g/mol. The molecule has 0 saturated carbocycles. The topological polar surface area (TPSA) is 92.5 Å². The fourth-order valence-corrected chi connectivity index (χ4v) is 2.09. The first-order chi connectivity index (χ1) is 6.84. The van der Waals surface area contributed by atoms with Crippen molar-refractivity contribution in [1.29, 1.82) is 0 Å². The van der Waals surface area contributed by atoms with Crippen molar-refractivity contribution in [2.75, 3.05) is 25.9 Å². The van der Waals surface area contributed by atoms with Gasteiger partial charge in [0, 0.05) is 20.1 Å². The minimum atomic E-state index is -3.44. The van der Waals surface area contributed by atoms with Crippen LogP contribution in [0.5, 0.6) is 0 Å². The zero-order valence-corrected chi connectivity index (χ0v) is 10.2. The van der Waals surface area contributed by atoms with Crippen LogP contribution in [0.3, 0.4) is 0 Å². The van der Waals surface area contributed by atoms with Gasteiger partial charge in [-0.1, -0.05) is 0 Å². The van der Waals surface area contributed by atoms with Gasteiger partial charge in [-0.15, -0.1) is 0 Å². The van der Waals surface area contributed by atoms with Crippen LogP contribution in [0.15, 0.2) is 0 Å². The second-order valence-electron chi connectivity index (χ2n) is 3.30. The molecule has 7 heteroatoms. The van der Waals surface area contributed by atoms with Gasteiger partial charge in [-0.25, -0.2) is 13.1 Å². The molecule has 6 nitrogen and oxygen atoms in total. The highest BCUT2D eigenvalue weighted by Gasteiger charge is 2.21. The minimum Gasteiger partial charge on any atom is -0.345 e. The summed E-state index contributed by atoms with van der Waals surface area (Å²) in [7, 11) is -1.82. The number of rotatable bonds is 6. The summed E-state index contributed by atoms with van der Waals surface area (Å²) >= 11 is 0. The third kappa shape index (κ3) is 5.10. The molecule has 0 aliphatic rings. The van der Waals surface area contributed by atoms with Crippen LogP contribution in [0.25, 0.3) is 0 Å². The fraction of sp³-hybridized carbons (Fsp3) is 0.875. The molecule has 1 unspecified atom stereocenters. The molecule has 0 aliphatic carbocycles. The Bertz CT molecular complexity index is 302. The lowest BCUT2D eigenvalue weighted by Crippen LogP contribution is -2.46. The van der Waals surface area contributed by atoms with Gasteiger partial charge in [-0.05, 0) is 13.8 Å². The number of nitrogens with two attached hydrogens (primary N) is 1. The highest BCUT2D eigenvalue weighted by atomic mass is 32.2. The molecule has 0 rings (SSSR count). The molecule has 0 saturated heterocycles. The Morgan fingerprint density at radius 1 is 1.53 bits per heavy atom. The van der Waals surface area contributed by atoms with E-state index in [1.165, 1.54) is 11.8 Å². The first-order valence-electron chi connectivity index (χ1n) is 4.79. The summed E-state index contributed by atoms with van der Waals surface area (Å²) in [6.07, 6.45) is 0. The Morgan fingerprint density at radius 2 is 2.07 bits per heavy atom. The van der Waals surface area contributed by atoms with Crippen molar-refractivity contribution in [3.63, 3.8) is 0 Å². The van der Waals surface area contributed by atoms with Crippen LogP contribution >= 0.6 is 0 Å². The molecule has 0 aromatic carbocycles. The van der Waals surface area contributed by atoms with Crippen molar-refractivity contribution >= 4 is 15.9 Å². The van der Waals surface area contributed by atoms with E-state index in [0.29, 0.717) is 6.54 Å². The number of nitrogens with zero attached hydrogens (tertiary/aromatic N) is 1. The van der Waals surface area contributed by atoms with Crippen molar-refractivity contribution in [3.05, 3.63) is 0 Å². The van der Waals surface area contributed by atoms with Gasteiger partial charge in [0.2, 0.25) is 15.9 Å². The molecule has 0 aromatic heterocycles. The molecule has 0 heterocycles. The van der Waals surface area contributed by atoms with Crippen molar-refractivity contribution in [2.24, 2.45) is 5.73 Å². The number of likely N-dealkylation sites (N-methyl/N-ethyl adjacent to an activating group) is 1. The van der Waals surface area contributed by atoms with E-state index in [1.807, 2.05) is 6.92 Å². The number of sulfonamides is 1. The van der Waals surface area contributed by atoms with Gasteiger partial charge in [-0.2, -0.15) is 0 Å². The molecule has 0 radical (unpaired) electrons. The van der Waals surface area contributed by atoms with Gasteiger partial charge in [-0.3, -0.25) is 4.79 Å². The van der Waals surface area contributed by atoms with Gasteiger partial charge in [0.25, 0.3) is 0 Å². The maximum absolute atomic E-state index is 11.5. The Balaban J connectivity index is 4.37. The van der Waals surface area contributed by atoms with E-state index in [1.54, 1.807) is 7.05 Å². The van der Waals surface area contributed by atoms with Gasteiger partial charge >= 0.3 is 0 Å². The summed E-state index contributed by atoms with van der Waals surface area (Å²) in [6, 6.07) is -0.744. The van der Waals surface area contributed by atoms with Gasteiger partial charge < -0.3 is 10.6 Å². The lowest BCUT2D eigenvalue weighted by molar-refractivity contribution is -0.131. The smallest absolute Gasteiger partial charge is 0.240 e. The Hall–Kier alpha value is -0.660. The van der Waals surface area contributed by atoms with E-state index in [2.05, 4.69) is 4.72 Å². The summed E-state index contributed by atoms with van der Waals surface area (Å²) in [5, 5.41) is 0.